The van der Waals surface area contributed by atoms with Gasteiger partial charge in [0.15, 0.2) is 11.4 Å². The summed E-state index contributed by atoms with van der Waals surface area (Å²) in [7, 11) is 1.29. The lowest BCUT2D eigenvalue weighted by atomic mass is 10.1. The number of carboxylic acid groups (broad SMARTS) is 1. The molecule has 22 heavy (non-hydrogen) atoms. The van der Waals surface area contributed by atoms with Gasteiger partial charge in [-0.15, -0.1) is 0 Å². The molecule has 1 amide bonds. The van der Waals surface area contributed by atoms with Crippen molar-refractivity contribution in [1.29, 1.82) is 0 Å². The highest BCUT2D eigenvalue weighted by Gasteiger charge is 2.39. The van der Waals surface area contributed by atoms with E-state index in [0.717, 1.165) is 19.3 Å². The normalized spacial score (nSPS) is 23.7. The minimum absolute atomic E-state index is 0.0229. The van der Waals surface area contributed by atoms with Crippen LogP contribution in [0.15, 0.2) is 11.0 Å². The fourth-order valence-electron chi connectivity index (χ4n) is 3.40. The average molecular weight is 306 g/mol. The first kappa shape index (κ1) is 14.6. The molecule has 7 nitrogen and oxygen atoms in total. The van der Waals surface area contributed by atoms with Gasteiger partial charge in [0.2, 0.25) is 5.43 Å². The third-order valence-corrected chi connectivity index (χ3v) is 4.58. The van der Waals surface area contributed by atoms with Crippen LogP contribution in [0.2, 0.25) is 0 Å². The Kier molecular flexibility index (Phi) is 3.42. The Balaban J connectivity index is 2.29. The maximum absolute atomic E-state index is 12.7. The molecule has 1 fully saturated rings. The number of amides is 1. The summed E-state index contributed by atoms with van der Waals surface area (Å²) in [6.07, 6.45) is 3.98. The van der Waals surface area contributed by atoms with E-state index in [1.807, 2.05) is 6.92 Å². The van der Waals surface area contributed by atoms with Gasteiger partial charge in [-0.3, -0.25) is 9.59 Å². The highest BCUT2D eigenvalue weighted by molar-refractivity contribution is 5.98. The molecule has 0 aliphatic carbocycles. The van der Waals surface area contributed by atoms with Crippen LogP contribution in [0.5, 0.6) is 5.75 Å². The van der Waals surface area contributed by atoms with E-state index in [0.29, 0.717) is 6.54 Å². The summed E-state index contributed by atoms with van der Waals surface area (Å²) in [6.45, 7) is 2.53. The molecule has 7 heteroatoms. The second kappa shape index (κ2) is 5.15. The van der Waals surface area contributed by atoms with Crippen LogP contribution < -0.4 is 10.2 Å². The number of pyridine rings is 1. The van der Waals surface area contributed by atoms with Crippen molar-refractivity contribution >= 4 is 11.9 Å². The summed E-state index contributed by atoms with van der Waals surface area (Å²) in [5, 5.41) is 9.21. The SMILES string of the molecule is COc1c2n(cc(C(=O)O)c1=O)C1CCCC(C)N(C1)C2=O. The van der Waals surface area contributed by atoms with E-state index in [1.165, 1.54) is 13.3 Å². The number of hydrogen-bond donors (Lipinski definition) is 1. The number of carbonyl (C=O) groups is 2. The molecule has 1 saturated heterocycles. The first-order valence-corrected chi connectivity index (χ1v) is 7.33. The summed E-state index contributed by atoms with van der Waals surface area (Å²) >= 11 is 0. The Morgan fingerprint density at radius 2 is 2.09 bits per heavy atom. The molecule has 2 aliphatic rings. The molecule has 2 unspecified atom stereocenters. The van der Waals surface area contributed by atoms with E-state index in [1.54, 1.807) is 9.47 Å². The Labute approximate surface area is 127 Å². The van der Waals surface area contributed by atoms with Gasteiger partial charge in [0.25, 0.3) is 5.91 Å². The van der Waals surface area contributed by atoms with Gasteiger partial charge in [-0.1, -0.05) is 0 Å². The fraction of sp³-hybridized carbons (Fsp3) is 0.533. The number of hydrogen-bond acceptors (Lipinski definition) is 4. The zero-order chi connectivity index (χ0) is 16.0. The van der Waals surface area contributed by atoms with Gasteiger partial charge >= 0.3 is 5.97 Å². The van der Waals surface area contributed by atoms with Crippen molar-refractivity contribution in [2.24, 2.45) is 0 Å². The second-order valence-electron chi connectivity index (χ2n) is 5.86. The lowest BCUT2D eigenvalue weighted by Gasteiger charge is -2.37. The molecule has 0 saturated carbocycles. The predicted molar refractivity (Wildman–Crippen MR) is 77.6 cm³/mol. The van der Waals surface area contributed by atoms with Gasteiger partial charge in [-0.25, -0.2) is 4.79 Å². The summed E-state index contributed by atoms with van der Waals surface area (Å²) in [6, 6.07) is 0.0791. The number of methoxy groups -OCH3 is 1. The van der Waals surface area contributed by atoms with Crippen LogP contribution in [-0.4, -0.2) is 46.1 Å². The van der Waals surface area contributed by atoms with Gasteiger partial charge in [0.05, 0.1) is 13.2 Å². The molecule has 2 aliphatic heterocycles. The van der Waals surface area contributed by atoms with E-state index < -0.39 is 11.4 Å². The second-order valence-corrected chi connectivity index (χ2v) is 5.86. The topological polar surface area (TPSA) is 88.8 Å². The molecule has 0 aromatic carbocycles. The molecule has 3 rings (SSSR count). The number of ether oxygens (including phenoxy) is 1. The maximum atomic E-state index is 12.7. The molecule has 2 atom stereocenters. The number of aromatic nitrogens is 1. The van der Waals surface area contributed by atoms with Crippen molar-refractivity contribution in [1.82, 2.24) is 9.47 Å². The van der Waals surface area contributed by atoms with Crippen LogP contribution in [0, 0.1) is 0 Å². The average Bonchev–Trinajstić information content (AvgIpc) is 2.65. The summed E-state index contributed by atoms with van der Waals surface area (Å²) in [5.41, 5.74) is -0.941. The van der Waals surface area contributed by atoms with Crippen LogP contribution >= 0.6 is 0 Å². The number of carboxylic acids is 1. The Morgan fingerprint density at radius 1 is 1.36 bits per heavy atom. The van der Waals surface area contributed by atoms with Crippen molar-refractivity contribution in [3.8, 4) is 5.75 Å². The third-order valence-electron chi connectivity index (χ3n) is 4.58. The van der Waals surface area contributed by atoms with E-state index in [2.05, 4.69) is 0 Å². The highest BCUT2D eigenvalue weighted by atomic mass is 16.5. The quantitative estimate of drug-likeness (QED) is 0.884. The van der Waals surface area contributed by atoms with Gasteiger partial charge in [-0.2, -0.15) is 0 Å². The van der Waals surface area contributed by atoms with Crippen LogP contribution in [0.3, 0.4) is 0 Å². The molecule has 2 bridgehead atoms. The van der Waals surface area contributed by atoms with Gasteiger partial charge in [-0.05, 0) is 26.2 Å². The third kappa shape index (κ3) is 2.00. The molecule has 0 spiro atoms. The van der Waals surface area contributed by atoms with Crippen molar-refractivity contribution in [2.75, 3.05) is 13.7 Å². The number of carbonyl (C=O) groups excluding carboxylic acids is 1. The minimum atomic E-state index is -1.31. The number of fused-ring (bicyclic) bond motifs is 4. The van der Waals surface area contributed by atoms with Crippen LogP contribution in [0.4, 0.5) is 0 Å². The van der Waals surface area contributed by atoms with E-state index in [9.17, 15) is 19.5 Å². The summed E-state index contributed by atoms with van der Waals surface area (Å²) in [4.78, 5) is 38.0. The summed E-state index contributed by atoms with van der Waals surface area (Å²) < 4.78 is 6.73. The molecule has 1 aromatic heterocycles. The molecule has 1 aromatic rings. The number of nitrogens with zero attached hydrogens (tertiary/aromatic N) is 2. The smallest absolute Gasteiger partial charge is 0.341 e. The number of rotatable bonds is 2. The van der Waals surface area contributed by atoms with Crippen LogP contribution in [-0.2, 0) is 0 Å². The van der Waals surface area contributed by atoms with Crippen molar-refractivity contribution in [3.63, 3.8) is 0 Å². The first-order valence-electron chi connectivity index (χ1n) is 7.33. The maximum Gasteiger partial charge on any atom is 0.341 e. The van der Waals surface area contributed by atoms with E-state index in [4.69, 9.17) is 4.74 Å². The molecule has 0 radical (unpaired) electrons. The van der Waals surface area contributed by atoms with Crippen LogP contribution in [0.1, 0.15) is 53.1 Å². The zero-order valence-electron chi connectivity index (χ0n) is 12.5. The summed E-state index contributed by atoms with van der Waals surface area (Å²) in [5.74, 6) is -1.75. The van der Waals surface area contributed by atoms with Crippen molar-refractivity contribution in [2.45, 2.75) is 38.3 Å². The van der Waals surface area contributed by atoms with Gasteiger partial charge in [0.1, 0.15) is 5.56 Å². The molecule has 1 N–H and O–H groups in total. The largest absolute Gasteiger partial charge is 0.491 e. The molecule has 118 valence electrons. The fourth-order valence-corrected chi connectivity index (χ4v) is 3.40. The molecule has 3 heterocycles. The van der Waals surface area contributed by atoms with Gasteiger partial charge < -0.3 is 19.3 Å². The van der Waals surface area contributed by atoms with Crippen molar-refractivity contribution < 1.29 is 19.4 Å². The first-order chi connectivity index (χ1) is 10.5. The predicted octanol–water partition coefficient (Wildman–Crippen LogP) is 1.12. The van der Waals surface area contributed by atoms with E-state index >= 15 is 0 Å². The van der Waals surface area contributed by atoms with Gasteiger partial charge in [0, 0.05) is 18.8 Å². The Hall–Kier alpha value is -2.31. The Bertz CT molecular complexity index is 709. The van der Waals surface area contributed by atoms with Crippen molar-refractivity contribution in [3.05, 3.63) is 27.7 Å². The Morgan fingerprint density at radius 3 is 2.73 bits per heavy atom. The highest BCUT2D eigenvalue weighted by Crippen LogP contribution is 2.34. The lowest BCUT2D eigenvalue weighted by Crippen LogP contribution is -2.47. The number of aromatic carboxylic acids is 1. The molecular formula is C15H18N2O5. The zero-order valence-corrected chi connectivity index (χ0v) is 12.5. The van der Waals surface area contributed by atoms with E-state index in [-0.39, 0.29) is 35.0 Å². The minimum Gasteiger partial charge on any atom is -0.491 e. The molecular weight excluding hydrogens is 288 g/mol. The monoisotopic (exact) mass is 306 g/mol. The lowest BCUT2D eigenvalue weighted by molar-refractivity contribution is 0.0598. The van der Waals surface area contributed by atoms with Crippen LogP contribution in [0.25, 0.3) is 0 Å². The standard InChI is InChI=1S/C15H18N2O5/c1-8-4-3-5-9-6-16(8)14(19)11-13(22-2)12(18)10(15(20)21)7-17(9)11/h7-9H,3-6H2,1-2H3,(H,20,21).